The largest absolute Gasteiger partial charge is 0.355 e. The highest BCUT2D eigenvalue weighted by molar-refractivity contribution is 7.89. The standard InChI is InChI=1S/C22H30N4O4S/c27-22(25-12-4-5-13-25)21-19-16-18(6-7-20(19)30-23-21)31(28,29)26-14-8-17(9-15-26)24-10-2-1-3-11-24/h6-7,16-17H,1-5,8-15H2. The van der Waals surface area contributed by atoms with Crippen molar-refractivity contribution in [2.45, 2.75) is 55.9 Å². The average Bonchev–Trinajstić information content (AvgIpc) is 3.49. The van der Waals surface area contributed by atoms with Crippen molar-refractivity contribution in [3.8, 4) is 0 Å². The maximum Gasteiger partial charge on any atom is 0.276 e. The van der Waals surface area contributed by atoms with Crippen LogP contribution in [-0.2, 0) is 10.0 Å². The van der Waals surface area contributed by atoms with Crippen molar-refractivity contribution in [1.82, 2.24) is 19.3 Å². The Labute approximate surface area is 183 Å². The second kappa shape index (κ2) is 8.52. The van der Waals surface area contributed by atoms with Gasteiger partial charge in [0.2, 0.25) is 10.0 Å². The summed E-state index contributed by atoms with van der Waals surface area (Å²) in [6.07, 6.45) is 7.49. The van der Waals surface area contributed by atoms with Gasteiger partial charge in [-0.3, -0.25) is 4.79 Å². The molecule has 0 bridgehead atoms. The van der Waals surface area contributed by atoms with Crippen LogP contribution in [0.3, 0.4) is 0 Å². The Balaban J connectivity index is 1.34. The Morgan fingerprint density at radius 3 is 2.32 bits per heavy atom. The Kier molecular flexibility index (Phi) is 5.75. The number of aromatic nitrogens is 1. The SMILES string of the molecule is O=C(c1noc2ccc(S(=O)(=O)N3CCC(N4CCCCC4)CC3)cc12)N1CCCC1. The minimum atomic E-state index is -3.63. The van der Waals surface area contributed by atoms with E-state index in [0.29, 0.717) is 43.2 Å². The van der Waals surface area contributed by atoms with Gasteiger partial charge in [0.15, 0.2) is 11.3 Å². The van der Waals surface area contributed by atoms with E-state index >= 15 is 0 Å². The maximum atomic E-state index is 13.3. The van der Waals surface area contributed by atoms with Crippen LogP contribution in [0.15, 0.2) is 27.6 Å². The molecule has 0 saturated carbocycles. The number of carbonyl (C=O) groups excluding carboxylic acids is 1. The van der Waals surface area contributed by atoms with E-state index in [9.17, 15) is 13.2 Å². The van der Waals surface area contributed by atoms with Crippen molar-refractivity contribution < 1.29 is 17.7 Å². The zero-order valence-electron chi connectivity index (χ0n) is 17.8. The third-order valence-electron chi connectivity index (χ3n) is 7.01. The molecular weight excluding hydrogens is 416 g/mol. The van der Waals surface area contributed by atoms with Crippen molar-refractivity contribution in [3.05, 3.63) is 23.9 Å². The van der Waals surface area contributed by atoms with Crippen LogP contribution in [0.4, 0.5) is 0 Å². The first-order chi connectivity index (χ1) is 15.0. The highest BCUT2D eigenvalue weighted by atomic mass is 32.2. The molecule has 1 amide bonds. The van der Waals surface area contributed by atoms with Gasteiger partial charge in [0.05, 0.1) is 10.3 Å². The third-order valence-corrected chi connectivity index (χ3v) is 8.90. The lowest BCUT2D eigenvalue weighted by atomic mass is 10.0. The lowest BCUT2D eigenvalue weighted by molar-refractivity contribution is 0.0784. The molecule has 0 atom stereocenters. The summed E-state index contributed by atoms with van der Waals surface area (Å²) in [5, 5.41) is 4.43. The number of carbonyl (C=O) groups is 1. The van der Waals surface area contributed by atoms with E-state index in [-0.39, 0.29) is 16.5 Å². The van der Waals surface area contributed by atoms with Gasteiger partial charge in [-0.25, -0.2) is 8.42 Å². The molecule has 3 aliphatic rings. The van der Waals surface area contributed by atoms with Gasteiger partial charge >= 0.3 is 0 Å². The zero-order chi connectivity index (χ0) is 21.4. The molecule has 3 fully saturated rings. The normalized spacial score (nSPS) is 22.4. The third kappa shape index (κ3) is 3.99. The van der Waals surface area contributed by atoms with Crippen LogP contribution in [0.1, 0.15) is 55.4 Å². The molecule has 3 aliphatic heterocycles. The molecule has 2 aromatic rings. The molecule has 0 unspecified atom stereocenters. The smallest absolute Gasteiger partial charge is 0.276 e. The molecule has 168 valence electrons. The number of nitrogens with zero attached hydrogens (tertiary/aromatic N) is 4. The van der Waals surface area contributed by atoms with E-state index in [1.807, 2.05) is 0 Å². The first-order valence-corrected chi connectivity index (χ1v) is 12.9. The van der Waals surface area contributed by atoms with Gasteiger partial charge in [-0.2, -0.15) is 4.31 Å². The summed E-state index contributed by atoms with van der Waals surface area (Å²) in [4.78, 5) is 17.3. The van der Waals surface area contributed by atoms with Gasteiger partial charge in [0, 0.05) is 32.2 Å². The van der Waals surface area contributed by atoms with E-state index in [2.05, 4.69) is 10.1 Å². The lowest BCUT2D eigenvalue weighted by Crippen LogP contribution is -2.48. The molecule has 8 nitrogen and oxygen atoms in total. The summed E-state index contributed by atoms with van der Waals surface area (Å²) in [7, 11) is -3.63. The quantitative estimate of drug-likeness (QED) is 0.718. The summed E-state index contributed by atoms with van der Waals surface area (Å²) in [5.74, 6) is -0.187. The van der Waals surface area contributed by atoms with Crippen molar-refractivity contribution >= 4 is 26.9 Å². The topological polar surface area (TPSA) is 87.0 Å². The fourth-order valence-electron chi connectivity index (χ4n) is 5.18. The summed E-state index contributed by atoms with van der Waals surface area (Å²) >= 11 is 0. The number of amides is 1. The highest BCUT2D eigenvalue weighted by Gasteiger charge is 2.33. The maximum absolute atomic E-state index is 13.3. The molecule has 4 heterocycles. The Hall–Kier alpha value is -1.97. The number of hydrogen-bond donors (Lipinski definition) is 0. The molecule has 0 N–H and O–H groups in total. The van der Waals surface area contributed by atoms with Crippen molar-refractivity contribution in [2.75, 3.05) is 39.3 Å². The van der Waals surface area contributed by atoms with Crippen LogP contribution in [0.25, 0.3) is 11.0 Å². The van der Waals surface area contributed by atoms with E-state index in [0.717, 1.165) is 38.8 Å². The van der Waals surface area contributed by atoms with Crippen LogP contribution in [0.2, 0.25) is 0 Å². The Morgan fingerprint density at radius 1 is 0.935 bits per heavy atom. The molecule has 1 aromatic heterocycles. The second-order valence-electron chi connectivity index (χ2n) is 8.92. The molecule has 31 heavy (non-hydrogen) atoms. The predicted molar refractivity (Wildman–Crippen MR) is 116 cm³/mol. The molecule has 5 rings (SSSR count). The summed E-state index contributed by atoms with van der Waals surface area (Å²) < 4.78 is 33.6. The van der Waals surface area contributed by atoms with Crippen LogP contribution in [0.5, 0.6) is 0 Å². The van der Waals surface area contributed by atoms with E-state index in [1.165, 1.54) is 19.3 Å². The van der Waals surface area contributed by atoms with Gasteiger partial charge in [-0.05, 0) is 69.8 Å². The first kappa shape index (κ1) is 20.9. The van der Waals surface area contributed by atoms with Crippen LogP contribution < -0.4 is 0 Å². The number of hydrogen-bond acceptors (Lipinski definition) is 6. The number of benzene rings is 1. The van der Waals surface area contributed by atoms with E-state index in [4.69, 9.17) is 4.52 Å². The Bertz CT molecular complexity index is 1050. The van der Waals surface area contributed by atoms with E-state index < -0.39 is 10.0 Å². The molecule has 0 aliphatic carbocycles. The fraction of sp³-hybridized carbons (Fsp3) is 0.636. The van der Waals surface area contributed by atoms with Gasteiger partial charge < -0.3 is 14.3 Å². The Morgan fingerprint density at radius 2 is 1.61 bits per heavy atom. The highest BCUT2D eigenvalue weighted by Crippen LogP contribution is 2.29. The van der Waals surface area contributed by atoms with Crippen molar-refractivity contribution in [2.24, 2.45) is 0 Å². The number of sulfonamides is 1. The molecular formula is C22H30N4O4S. The average molecular weight is 447 g/mol. The van der Waals surface area contributed by atoms with Crippen LogP contribution in [0, 0.1) is 0 Å². The molecule has 9 heteroatoms. The van der Waals surface area contributed by atoms with Crippen molar-refractivity contribution in [1.29, 1.82) is 0 Å². The zero-order valence-corrected chi connectivity index (χ0v) is 18.6. The summed E-state index contributed by atoms with van der Waals surface area (Å²) in [5.41, 5.74) is 0.642. The molecule has 1 aromatic carbocycles. The second-order valence-corrected chi connectivity index (χ2v) is 10.9. The number of rotatable bonds is 4. The first-order valence-electron chi connectivity index (χ1n) is 11.5. The molecule has 3 saturated heterocycles. The monoisotopic (exact) mass is 446 g/mol. The van der Waals surface area contributed by atoms with Gasteiger partial charge in [-0.1, -0.05) is 11.6 Å². The van der Waals surface area contributed by atoms with Crippen LogP contribution >= 0.6 is 0 Å². The minimum Gasteiger partial charge on any atom is -0.355 e. The van der Waals surface area contributed by atoms with Gasteiger partial charge in [0.25, 0.3) is 5.91 Å². The predicted octanol–water partition coefficient (Wildman–Crippen LogP) is 2.70. The summed E-state index contributed by atoms with van der Waals surface area (Å²) in [6, 6.07) is 5.21. The van der Waals surface area contributed by atoms with Gasteiger partial charge in [-0.15, -0.1) is 0 Å². The number of likely N-dealkylation sites (tertiary alicyclic amines) is 2. The minimum absolute atomic E-state index is 0.187. The van der Waals surface area contributed by atoms with Crippen LogP contribution in [-0.4, -0.2) is 78.9 Å². The number of fused-ring (bicyclic) bond motifs is 1. The lowest BCUT2D eigenvalue weighted by Gasteiger charge is -2.39. The molecule has 0 spiro atoms. The summed E-state index contributed by atoms with van der Waals surface area (Å²) in [6.45, 7) is 4.74. The van der Waals surface area contributed by atoms with Gasteiger partial charge in [0.1, 0.15) is 0 Å². The number of piperidine rings is 2. The van der Waals surface area contributed by atoms with Crippen molar-refractivity contribution in [3.63, 3.8) is 0 Å². The van der Waals surface area contributed by atoms with E-state index in [1.54, 1.807) is 27.4 Å². The fourth-order valence-corrected chi connectivity index (χ4v) is 6.68. The molecule has 0 radical (unpaired) electrons.